The van der Waals surface area contributed by atoms with Gasteiger partial charge in [-0.2, -0.15) is 0 Å². The molecule has 26 heteroatoms. The first-order valence-electron chi connectivity index (χ1n) is 29.3. The Morgan fingerprint density at radius 1 is 0.674 bits per heavy atom. The third-order valence-corrected chi connectivity index (χ3v) is 20.3. The molecule has 0 radical (unpaired) electrons. The number of carboxylic acids is 1. The highest BCUT2D eigenvalue weighted by Gasteiger charge is 2.35. The van der Waals surface area contributed by atoms with Crippen molar-refractivity contribution in [1.29, 1.82) is 0 Å². The molecule has 2 aromatic rings. The highest BCUT2D eigenvalue weighted by Crippen LogP contribution is 2.48. The number of fused-ring (bicyclic) bond motifs is 2. The lowest BCUT2D eigenvalue weighted by Crippen LogP contribution is -2.26. The maximum atomic E-state index is 12.7. The number of carbonyl (C=O) groups is 5. The second-order valence-corrected chi connectivity index (χ2v) is 38.9. The van der Waals surface area contributed by atoms with Crippen LogP contribution in [0.2, 0.25) is 51.4 Å². The summed E-state index contributed by atoms with van der Waals surface area (Å²) in [4.78, 5) is 58.2. The number of cyclic esters (lactones) is 2. The molecule has 2 heterocycles. The van der Waals surface area contributed by atoms with Crippen molar-refractivity contribution < 1.29 is 89.5 Å². The molecule has 86 heavy (non-hydrogen) atoms. The molecule has 2 aromatic carbocycles. The van der Waals surface area contributed by atoms with Crippen molar-refractivity contribution >= 4 is 72.2 Å². The van der Waals surface area contributed by atoms with Crippen molar-refractivity contribution in [1.82, 2.24) is 5.32 Å². The summed E-state index contributed by atoms with van der Waals surface area (Å²) in [5.41, 5.74) is 12.5. The topological polar surface area (TPSA) is 279 Å². The fourth-order valence-electron chi connectivity index (χ4n) is 8.38. The summed E-state index contributed by atoms with van der Waals surface area (Å²) in [7, 11) is -5.51. The van der Waals surface area contributed by atoms with Gasteiger partial charge in [0.05, 0.1) is 72.9 Å². The molecule has 4 N–H and O–H groups in total. The number of nitrogens with one attached hydrogen (secondary N) is 1. The van der Waals surface area contributed by atoms with E-state index in [1.54, 1.807) is 41.9 Å². The van der Waals surface area contributed by atoms with Crippen LogP contribution in [0.4, 0.5) is 4.79 Å². The molecule has 490 valence electrons. The largest absolute Gasteiger partial charge is 0.496 e. The van der Waals surface area contributed by atoms with Crippen LogP contribution in [0.25, 0.3) is 0 Å². The number of amides is 1. The SMILES string of the molecule is CC(C)COC(=O)Cl.CCOP(=O)(CCNC(=O)CC/C(C)=C/Cc1c(OC)c(C)c2c(c1OCC[Si](C)(C)C)C(=O)OC2)OCC.CCOP(=O)(CN)OCC.COc1c(C)c2c(c(OCC[Si](C)(C)C)c1C/C=C(\C)CCC(=O)O)C(=O)OC2. The van der Waals surface area contributed by atoms with Gasteiger partial charge >= 0.3 is 38.5 Å². The summed E-state index contributed by atoms with van der Waals surface area (Å²) >= 11 is 4.86. The number of hydrogen-bond donors (Lipinski definition) is 3. The van der Waals surface area contributed by atoms with E-state index in [0.717, 1.165) is 56.6 Å². The minimum Gasteiger partial charge on any atom is -0.496 e. The van der Waals surface area contributed by atoms with Gasteiger partial charge < -0.3 is 67.4 Å². The lowest BCUT2D eigenvalue weighted by molar-refractivity contribution is -0.137. The second-order valence-electron chi connectivity index (χ2n) is 23.1. The van der Waals surface area contributed by atoms with Gasteiger partial charge in [0, 0.05) is 69.4 Å². The number of methoxy groups -OCH3 is 2. The molecule has 1 amide bonds. The minimum atomic E-state index is -3.18. The number of esters is 2. The summed E-state index contributed by atoms with van der Waals surface area (Å²) in [5.74, 6) is 1.17. The number of rotatable bonds is 34. The molecular formula is C60H101ClN2O19P2Si2. The zero-order chi connectivity index (χ0) is 65.6. The average molecular weight is 1310 g/mol. The predicted molar refractivity (Wildman–Crippen MR) is 343 cm³/mol. The zero-order valence-corrected chi connectivity index (χ0v) is 59.1. The quantitative estimate of drug-likeness (QED) is 0.0147. The van der Waals surface area contributed by atoms with Gasteiger partial charge in [-0.25, -0.2) is 14.4 Å². The van der Waals surface area contributed by atoms with Gasteiger partial charge in [-0.1, -0.05) is 76.4 Å². The first-order valence-corrected chi connectivity index (χ1v) is 40.6. The monoisotopic (exact) mass is 1310 g/mol. The summed E-state index contributed by atoms with van der Waals surface area (Å²) in [6.45, 7) is 35.8. The van der Waals surface area contributed by atoms with E-state index in [2.05, 4.69) is 49.3 Å². The Hall–Kier alpha value is -4.55. The van der Waals surface area contributed by atoms with E-state index in [1.165, 1.54) is 0 Å². The van der Waals surface area contributed by atoms with Gasteiger partial charge in [-0.15, -0.1) is 0 Å². The Morgan fingerprint density at radius 3 is 1.40 bits per heavy atom. The zero-order valence-electron chi connectivity index (χ0n) is 54.5. The fourth-order valence-corrected chi connectivity index (χ4v) is 12.4. The van der Waals surface area contributed by atoms with E-state index >= 15 is 0 Å². The predicted octanol–water partition coefficient (Wildman–Crippen LogP) is 14.0. The minimum absolute atomic E-state index is 0.0469. The summed E-state index contributed by atoms with van der Waals surface area (Å²) in [6.07, 6.45) is 6.53. The Balaban J connectivity index is 0.000000682. The number of halogens is 1. The van der Waals surface area contributed by atoms with E-state index in [0.29, 0.717) is 105 Å². The highest BCUT2D eigenvalue weighted by atomic mass is 35.5. The number of ether oxygens (including phenoxy) is 7. The van der Waals surface area contributed by atoms with E-state index < -0.39 is 42.7 Å². The number of aliphatic carboxylic acids is 1. The Labute approximate surface area is 518 Å². The van der Waals surface area contributed by atoms with E-state index in [4.69, 9.17) is 69.0 Å². The molecule has 0 fully saturated rings. The van der Waals surface area contributed by atoms with Gasteiger partial charge in [0.1, 0.15) is 47.3 Å². The second kappa shape index (κ2) is 39.5. The summed E-state index contributed by atoms with van der Waals surface area (Å²) in [5, 5.41) is 11.7. The number of carboxylic acid groups (broad SMARTS) is 1. The number of benzene rings is 2. The van der Waals surface area contributed by atoms with Crippen LogP contribution in [0.5, 0.6) is 23.0 Å². The lowest BCUT2D eigenvalue weighted by atomic mass is 9.94. The van der Waals surface area contributed by atoms with Crippen LogP contribution >= 0.6 is 26.8 Å². The molecule has 2 aliphatic rings. The Bertz CT molecular complexity index is 2690. The van der Waals surface area contributed by atoms with E-state index in [1.807, 2.05) is 53.7 Å². The molecular weight excluding hydrogens is 1210 g/mol. The van der Waals surface area contributed by atoms with Crippen LogP contribution in [0.1, 0.15) is 135 Å². The summed E-state index contributed by atoms with van der Waals surface area (Å²) < 4.78 is 82.9. The fraction of sp³-hybridized carbons (Fsp3) is 0.650. The molecule has 0 saturated heterocycles. The smallest absolute Gasteiger partial charge is 0.403 e. The molecule has 0 bridgehead atoms. The van der Waals surface area contributed by atoms with Crippen LogP contribution in [0.15, 0.2) is 23.3 Å². The van der Waals surface area contributed by atoms with Gasteiger partial charge in [0.2, 0.25) is 5.91 Å². The van der Waals surface area contributed by atoms with Crippen LogP contribution in [0.3, 0.4) is 0 Å². The number of allylic oxidation sites excluding steroid dienone is 4. The van der Waals surface area contributed by atoms with Crippen molar-refractivity contribution in [2.75, 3.05) is 79.5 Å². The molecule has 0 unspecified atom stereocenters. The normalized spacial score (nSPS) is 13.2. The number of carbonyl (C=O) groups excluding carboxylic acids is 4. The van der Waals surface area contributed by atoms with Crippen molar-refractivity contribution in [3.8, 4) is 23.0 Å². The molecule has 0 spiro atoms. The van der Waals surface area contributed by atoms with Crippen LogP contribution in [-0.2, 0) is 77.1 Å². The Morgan fingerprint density at radius 2 is 1.07 bits per heavy atom. The van der Waals surface area contributed by atoms with Gasteiger partial charge in [-0.05, 0) is 110 Å². The first-order chi connectivity index (χ1) is 40.2. The van der Waals surface area contributed by atoms with Gasteiger partial charge in [0.25, 0.3) is 0 Å². The lowest BCUT2D eigenvalue weighted by Gasteiger charge is -2.21. The molecule has 4 rings (SSSR count). The van der Waals surface area contributed by atoms with Crippen LogP contribution < -0.4 is 30.0 Å². The van der Waals surface area contributed by atoms with Crippen LogP contribution in [-0.4, -0.2) is 130 Å². The summed E-state index contributed by atoms with van der Waals surface area (Å²) in [6, 6.07) is 1.93. The van der Waals surface area contributed by atoms with E-state index in [9.17, 15) is 33.1 Å². The third-order valence-electron chi connectivity index (χ3n) is 13.0. The van der Waals surface area contributed by atoms with Crippen molar-refractivity contribution in [3.05, 3.63) is 67.8 Å². The van der Waals surface area contributed by atoms with Gasteiger partial charge in [0.15, 0.2) is 0 Å². The molecule has 0 atom stereocenters. The maximum absolute atomic E-state index is 12.7. The van der Waals surface area contributed by atoms with Crippen molar-refractivity contribution in [3.63, 3.8) is 0 Å². The average Bonchev–Trinajstić information content (AvgIpc) is 1.56. The third kappa shape index (κ3) is 28.7. The number of hydrogen-bond acceptors (Lipinski definition) is 19. The first kappa shape index (κ1) is 79.5. The van der Waals surface area contributed by atoms with Crippen LogP contribution in [0, 0.1) is 19.8 Å². The molecule has 0 aromatic heterocycles. The van der Waals surface area contributed by atoms with Gasteiger partial charge in [-0.3, -0.25) is 18.7 Å². The maximum Gasteiger partial charge on any atom is 0.403 e. The number of nitrogens with two attached hydrogens (primary N) is 1. The molecule has 21 nitrogen and oxygen atoms in total. The molecule has 2 aliphatic heterocycles. The molecule has 0 saturated carbocycles. The Kier molecular flexibility index (Phi) is 36.5. The molecule has 0 aliphatic carbocycles. The van der Waals surface area contributed by atoms with E-state index in [-0.39, 0.29) is 69.7 Å². The highest BCUT2D eigenvalue weighted by molar-refractivity contribution is 7.54. The standard InChI is InChI=1S/C28H46NO8PSi.C22H32O6Si.C5H9ClO2.C5H14NO3P/c1-9-36-38(32,37-10-2)17-15-29-24(30)14-12-20(3)11-13-22-26(33-5)21(4)23-19-35-28(31)25(23)27(22)34-16-18-39(6,7)8;1-14(8-10-18(23)24)7-9-16-20(26-3)15(2)17-13-28-22(25)19(17)21(16)27-11-12-29(4,5)6;1-4(2)3-8-5(6)7;1-3-8-10(7,5-6)9-4-2/h11H,9-10,12-19H2,1-8H3,(H,29,30);7H,8-13H2,1-6H3,(H,23,24);4H,3H2,1-2H3;3-6H2,1-2H3/b20-11+;14-7+;;. The van der Waals surface area contributed by atoms with Crippen molar-refractivity contribution in [2.45, 2.75) is 172 Å². The van der Waals surface area contributed by atoms with Crippen molar-refractivity contribution in [2.24, 2.45) is 11.7 Å².